The number of hydrogen-bond donors (Lipinski definition) is 2. The molecule has 0 saturated carbocycles. The molecule has 4 nitrogen and oxygen atoms in total. The summed E-state index contributed by atoms with van der Waals surface area (Å²) in [5, 5.41) is 14.1. The second-order valence-corrected chi connectivity index (χ2v) is 3.62. The van der Waals surface area contributed by atoms with Crippen molar-refractivity contribution in [2.75, 3.05) is 13.6 Å². The Kier molecular flexibility index (Phi) is 4.43. The molecule has 1 amide bonds. The number of amides is 1. The fourth-order valence-electron chi connectivity index (χ4n) is 0.626. The molecule has 0 aliphatic heterocycles. The maximum atomic E-state index is 11.4. The van der Waals surface area contributed by atoms with Crippen molar-refractivity contribution < 1.29 is 4.79 Å². The van der Waals surface area contributed by atoms with E-state index in [1.54, 1.807) is 27.8 Å². The molecule has 0 radical (unpaired) electrons. The lowest BCUT2D eigenvalue weighted by Gasteiger charge is -2.22. The van der Waals surface area contributed by atoms with Crippen LogP contribution in [-0.4, -0.2) is 25.0 Å². The molecule has 0 rings (SSSR count). The van der Waals surface area contributed by atoms with Crippen molar-refractivity contribution in [2.24, 2.45) is 5.92 Å². The Morgan fingerprint density at radius 1 is 1.62 bits per heavy atom. The molecule has 0 bridgehead atoms. The number of likely N-dealkylation sites (N-methyl/N-ethyl adjacent to an activating group) is 1. The second-order valence-electron chi connectivity index (χ2n) is 3.62. The first kappa shape index (κ1) is 11.9. The highest BCUT2D eigenvalue weighted by Gasteiger charge is 2.24. The summed E-state index contributed by atoms with van der Waals surface area (Å²) in [6, 6.07) is 2.05. The van der Waals surface area contributed by atoms with E-state index in [1.165, 1.54) is 0 Å². The van der Waals surface area contributed by atoms with Gasteiger partial charge in [-0.15, -0.1) is 0 Å². The Labute approximate surface area is 79.3 Å². The third-order valence-corrected chi connectivity index (χ3v) is 1.98. The molecule has 1 atom stereocenters. The van der Waals surface area contributed by atoms with Gasteiger partial charge in [-0.2, -0.15) is 5.26 Å². The Bertz CT molecular complexity index is 217. The molecule has 2 N–H and O–H groups in total. The number of nitriles is 1. The third-order valence-electron chi connectivity index (χ3n) is 1.98. The van der Waals surface area contributed by atoms with E-state index < -0.39 is 5.54 Å². The van der Waals surface area contributed by atoms with E-state index in [-0.39, 0.29) is 11.8 Å². The fraction of sp³-hybridized carbons (Fsp3) is 0.778. The number of hydrogen-bond acceptors (Lipinski definition) is 3. The summed E-state index contributed by atoms with van der Waals surface area (Å²) in [5.74, 6) is -0.228. The molecule has 0 aliphatic rings. The van der Waals surface area contributed by atoms with Gasteiger partial charge in [-0.25, -0.2) is 0 Å². The number of carbonyl (C=O) groups is 1. The van der Waals surface area contributed by atoms with Crippen LogP contribution in [0.25, 0.3) is 0 Å². The smallest absolute Gasteiger partial charge is 0.239 e. The first-order valence-corrected chi connectivity index (χ1v) is 4.31. The van der Waals surface area contributed by atoms with Crippen LogP contribution in [0, 0.1) is 17.2 Å². The van der Waals surface area contributed by atoms with E-state index in [4.69, 9.17) is 5.26 Å². The summed E-state index contributed by atoms with van der Waals surface area (Å²) >= 11 is 0. The van der Waals surface area contributed by atoms with Crippen molar-refractivity contribution in [1.29, 1.82) is 5.26 Å². The van der Waals surface area contributed by atoms with Crippen LogP contribution in [0.2, 0.25) is 0 Å². The van der Waals surface area contributed by atoms with Crippen LogP contribution in [0.5, 0.6) is 0 Å². The van der Waals surface area contributed by atoms with Crippen molar-refractivity contribution in [3.8, 4) is 6.07 Å². The van der Waals surface area contributed by atoms with Crippen LogP contribution in [0.4, 0.5) is 0 Å². The molecular formula is C9H17N3O. The van der Waals surface area contributed by atoms with Crippen molar-refractivity contribution in [3.63, 3.8) is 0 Å². The number of nitrogens with one attached hydrogen (secondary N) is 2. The maximum absolute atomic E-state index is 11.4. The van der Waals surface area contributed by atoms with E-state index in [2.05, 4.69) is 16.7 Å². The number of nitrogens with zero attached hydrogens (tertiary/aromatic N) is 1. The first-order chi connectivity index (χ1) is 5.94. The molecule has 0 spiro atoms. The zero-order valence-corrected chi connectivity index (χ0v) is 8.64. The first-order valence-electron chi connectivity index (χ1n) is 4.31. The van der Waals surface area contributed by atoms with Crippen LogP contribution in [0.1, 0.15) is 20.8 Å². The van der Waals surface area contributed by atoms with Gasteiger partial charge in [0.1, 0.15) is 0 Å². The third kappa shape index (κ3) is 3.90. The van der Waals surface area contributed by atoms with E-state index in [9.17, 15) is 4.79 Å². The number of rotatable bonds is 4. The predicted molar refractivity (Wildman–Crippen MR) is 50.9 cm³/mol. The summed E-state index contributed by atoms with van der Waals surface area (Å²) in [6.45, 7) is 5.76. The van der Waals surface area contributed by atoms with Crippen molar-refractivity contribution in [3.05, 3.63) is 0 Å². The minimum atomic E-state index is -0.574. The molecule has 4 heteroatoms. The van der Waals surface area contributed by atoms with Crippen molar-refractivity contribution in [1.82, 2.24) is 10.6 Å². The highest BCUT2D eigenvalue weighted by molar-refractivity contribution is 5.85. The van der Waals surface area contributed by atoms with Gasteiger partial charge in [0.25, 0.3) is 0 Å². The molecule has 13 heavy (non-hydrogen) atoms. The zero-order chi connectivity index (χ0) is 10.5. The normalized spacial score (nSPS) is 13.2. The topological polar surface area (TPSA) is 64.9 Å². The molecule has 0 aromatic carbocycles. The molecule has 1 unspecified atom stereocenters. The van der Waals surface area contributed by atoms with Gasteiger partial charge in [0.15, 0.2) is 0 Å². The summed E-state index contributed by atoms with van der Waals surface area (Å²) in [4.78, 5) is 11.4. The molecular weight excluding hydrogens is 166 g/mol. The fourth-order valence-corrected chi connectivity index (χ4v) is 0.626. The largest absolute Gasteiger partial charge is 0.353 e. The number of carbonyl (C=O) groups excluding carboxylic acids is 1. The van der Waals surface area contributed by atoms with Gasteiger partial charge in [0, 0.05) is 6.54 Å². The van der Waals surface area contributed by atoms with Crippen molar-refractivity contribution in [2.45, 2.75) is 26.3 Å². The summed E-state index contributed by atoms with van der Waals surface area (Å²) in [5.41, 5.74) is -0.574. The Morgan fingerprint density at radius 2 is 2.15 bits per heavy atom. The average molecular weight is 183 g/mol. The molecule has 0 aliphatic carbocycles. The Balaban J connectivity index is 3.97. The molecule has 74 valence electrons. The van der Waals surface area contributed by atoms with Crippen LogP contribution in [-0.2, 0) is 4.79 Å². The molecule has 0 aromatic rings. The predicted octanol–water partition coefficient (Wildman–Crippen LogP) is 0.260. The van der Waals surface area contributed by atoms with Gasteiger partial charge in [-0.3, -0.25) is 4.79 Å². The average Bonchev–Trinajstić information content (AvgIpc) is 2.13. The van der Waals surface area contributed by atoms with Crippen LogP contribution >= 0.6 is 0 Å². The molecule has 0 saturated heterocycles. The van der Waals surface area contributed by atoms with E-state index in [0.29, 0.717) is 6.54 Å². The maximum Gasteiger partial charge on any atom is 0.239 e. The van der Waals surface area contributed by atoms with Crippen LogP contribution in [0.3, 0.4) is 0 Å². The molecule has 0 heterocycles. The van der Waals surface area contributed by atoms with Crippen LogP contribution < -0.4 is 10.6 Å². The van der Waals surface area contributed by atoms with Gasteiger partial charge in [0.2, 0.25) is 5.91 Å². The Morgan fingerprint density at radius 3 is 2.54 bits per heavy atom. The lowest BCUT2D eigenvalue weighted by Crippen LogP contribution is -2.51. The summed E-state index contributed by atoms with van der Waals surface area (Å²) < 4.78 is 0. The lowest BCUT2D eigenvalue weighted by molar-refractivity contribution is -0.126. The monoisotopic (exact) mass is 183 g/mol. The lowest BCUT2D eigenvalue weighted by atomic mass is 10.0. The molecule has 0 fully saturated rings. The van der Waals surface area contributed by atoms with Crippen molar-refractivity contribution >= 4 is 5.91 Å². The SMILES string of the molecule is CNC(C)(C)C(=O)NCC(C)C#N. The zero-order valence-electron chi connectivity index (χ0n) is 8.64. The minimum absolute atomic E-state index is 0.0860. The second kappa shape index (κ2) is 4.83. The molecule has 0 aromatic heterocycles. The minimum Gasteiger partial charge on any atom is -0.353 e. The van der Waals surface area contributed by atoms with E-state index in [1.807, 2.05) is 0 Å². The van der Waals surface area contributed by atoms with Gasteiger partial charge in [0.05, 0.1) is 17.5 Å². The van der Waals surface area contributed by atoms with E-state index in [0.717, 1.165) is 0 Å². The van der Waals surface area contributed by atoms with Gasteiger partial charge < -0.3 is 10.6 Å². The standard InChI is InChI=1S/C9H17N3O/c1-7(5-10)6-12-8(13)9(2,3)11-4/h7,11H,6H2,1-4H3,(H,12,13). The quantitative estimate of drug-likeness (QED) is 0.657. The summed E-state index contributed by atoms with van der Waals surface area (Å²) in [6.07, 6.45) is 0. The highest BCUT2D eigenvalue weighted by Crippen LogP contribution is 2.00. The van der Waals surface area contributed by atoms with Gasteiger partial charge >= 0.3 is 0 Å². The Hall–Kier alpha value is -1.08. The van der Waals surface area contributed by atoms with Crippen LogP contribution in [0.15, 0.2) is 0 Å². The van der Waals surface area contributed by atoms with E-state index >= 15 is 0 Å². The summed E-state index contributed by atoms with van der Waals surface area (Å²) in [7, 11) is 1.73. The highest BCUT2D eigenvalue weighted by atomic mass is 16.2. The van der Waals surface area contributed by atoms with Gasteiger partial charge in [-0.05, 0) is 27.8 Å². The van der Waals surface area contributed by atoms with Gasteiger partial charge in [-0.1, -0.05) is 0 Å².